The van der Waals surface area contributed by atoms with Crippen LogP contribution in [-0.2, 0) is 0 Å². The smallest absolute Gasteiger partial charge is 0.319 e. The van der Waals surface area contributed by atoms with Crippen LogP contribution in [0.3, 0.4) is 0 Å². The zero-order valence-corrected chi connectivity index (χ0v) is 6.13. The summed E-state index contributed by atoms with van der Waals surface area (Å²) in [6.45, 7) is 1.99. The molecule has 0 heterocycles. The zero-order chi connectivity index (χ0) is 8.20. The lowest BCUT2D eigenvalue weighted by atomic mass is 10.1. The van der Waals surface area contributed by atoms with E-state index in [0.29, 0.717) is 6.54 Å². The molecule has 0 amide bonds. The highest BCUT2D eigenvalue weighted by Crippen LogP contribution is 2.23. The van der Waals surface area contributed by atoms with Gasteiger partial charge in [0.15, 0.2) is 0 Å². The topological polar surface area (TPSA) is 12.0 Å². The van der Waals surface area contributed by atoms with Crippen LogP contribution in [0, 0.1) is 5.92 Å². The van der Waals surface area contributed by atoms with Crippen LogP contribution in [0.2, 0.25) is 0 Å². The van der Waals surface area contributed by atoms with Crippen LogP contribution < -0.4 is 5.32 Å². The maximum absolute atomic E-state index is 11.6. The molecule has 0 bridgehead atoms. The summed E-state index contributed by atoms with van der Waals surface area (Å²) >= 11 is 0. The standard InChI is InChI=1S/C6H12F3N/c1-5(4-10-2)3-6(7,8)9/h5,10H,3-4H2,1-2H3/t5-/m0/s1. The van der Waals surface area contributed by atoms with E-state index < -0.39 is 12.6 Å². The van der Waals surface area contributed by atoms with Gasteiger partial charge in [-0.05, 0) is 19.5 Å². The van der Waals surface area contributed by atoms with Crippen LogP contribution >= 0.6 is 0 Å². The Labute approximate surface area is 58.6 Å². The van der Waals surface area contributed by atoms with Crippen LogP contribution in [0.5, 0.6) is 0 Å². The fraction of sp³-hybridized carbons (Fsp3) is 1.00. The molecule has 10 heavy (non-hydrogen) atoms. The second-order valence-corrected chi connectivity index (χ2v) is 2.48. The first kappa shape index (κ1) is 9.75. The third kappa shape index (κ3) is 5.88. The van der Waals surface area contributed by atoms with Crippen molar-refractivity contribution >= 4 is 0 Å². The van der Waals surface area contributed by atoms with Gasteiger partial charge in [-0.3, -0.25) is 0 Å². The van der Waals surface area contributed by atoms with Gasteiger partial charge in [0, 0.05) is 6.42 Å². The first-order valence-corrected chi connectivity index (χ1v) is 3.17. The van der Waals surface area contributed by atoms with Crippen LogP contribution in [0.25, 0.3) is 0 Å². The molecule has 0 aliphatic heterocycles. The summed E-state index contributed by atoms with van der Waals surface area (Å²) in [7, 11) is 1.65. The van der Waals surface area contributed by atoms with Gasteiger partial charge in [0.05, 0.1) is 0 Å². The van der Waals surface area contributed by atoms with Gasteiger partial charge in [0.2, 0.25) is 0 Å². The van der Waals surface area contributed by atoms with Gasteiger partial charge in [-0.15, -0.1) is 0 Å². The molecule has 0 aromatic rings. The molecule has 0 aliphatic carbocycles. The van der Waals surface area contributed by atoms with Crippen LogP contribution in [-0.4, -0.2) is 19.8 Å². The molecule has 0 saturated carbocycles. The lowest BCUT2D eigenvalue weighted by Crippen LogP contribution is -2.22. The molecule has 1 N–H and O–H groups in total. The molecule has 62 valence electrons. The maximum Gasteiger partial charge on any atom is 0.389 e. The van der Waals surface area contributed by atoms with Crippen molar-refractivity contribution in [3.63, 3.8) is 0 Å². The van der Waals surface area contributed by atoms with Gasteiger partial charge in [0.1, 0.15) is 0 Å². The van der Waals surface area contributed by atoms with Crippen molar-refractivity contribution in [2.24, 2.45) is 5.92 Å². The van der Waals surface area contributed by atoms with E-state index in [9.17, 15) is 13.2 Å². The van der Waals surface area contributed by atoms with Crippen molar-refractivity contribution in [1.82, 2.24) is 5.32 Å². The SMILES string of the molecule is CNC[C@@H](C)CC(F)(F)F. The van der Waals surface area contributed by atoms with Gasteiger partial charge in [-0.1, -0.05) is 6.92 Å². The summed E-state index contributed by atoms with van der Waals surface area (Å²) in [6.07, 6.45) is -4.72. The first-order valence-electron chi connectivity index (χ1n) is 3.17. The van der Waals surface area contributed by atoms with E-state index in [-0.39, 0.29) is 5.92 Å². The fourth-order valence-corrected chi connectivity index (χ4v) is 0.816. The summed E-state index contributed by atoms with van der Waals surface area (Å²) in [5, 5.41) is 2.69. The molecule has 0 fully saturated rings. The number of hydrogen-bond acceptors (Lipinski definition) is 1. The highest BCUT2D eigenvalue weighted by Gasteiger charge is 2.29. The molecule has 4 heteroatoms. The van der Waals surface area contributed by atoms with Crippen molar-refractivity contribution in [2.45, 2.75) is 19.5 Å². The molecule has 0 radical (unpaired) electrons. The third-order valence-corrected chi connectivity index (χ3v) is 1.13. The summed E-state index contributed by atoms with van der Waals surface area (Å²) in [5.41, 5.74) is 0. The minimum Gasteiger partial charge on any atom is -0.319 e. The van der Waals surface area contributed by atoms with Gasteiger partial charge in [-0.2, -0.15) is 13.2 Å². The highest BCUT2D eigenvalue weighted by atomic mass is 19.4. The Morgan fingerprint density at radius 1 is 1.40 bits per heavy atom. The lowest BCUT2D eigenvalue weighted by molar-refractivity contribution is -0.142. The van der Waals surface area contributed by atoms with Gasteiger partial charge < -0.3 is 5.32 Å². The number of hydrogen-bond donors (Lipinski definition) is 1. The van der Waals surface area contributed by atoms with Crippen molar-refractivity contribution in [3.05, 3.63) is 0 Å². The highest BCUT2D eigenvalue weighted by molar-refractivity contribution is 4.60. The molecule has 0 unspecified atom stereocenters. The second kappa shape index (κ2) is 3.81. The monoisotopic (exact) mass is 155 g/mol. The van der Waals surface area contributed by atoms with Crippen molar-refractivity contribution < 1.29 is 13.2 Å². The quantitative estimate of drug-likeness (QED) is 0.655. The molecular weight excluding hydrogens is 143 g/mol. The van der Waals surface area contributed by atoms with E-state index in [2.05, 4.69) is 5.32 Å². The Kier molecular flexibility index (Phi) is 3.71. The molecule has 0 rings (SSSR count). The zero-order valence-electron chi connectivity index (χ0n) is 6.13. The lowest BCUT2D eigenvalue weighted by Gasteiger charge is -2.12. The minimum atomic E-state index is -4.02. The molecule has 0 aromatic carbocycles. The average Bonchev–Trinajstić information content (AvgIpc) is 1.59. The Morgan fingerprint density at radius 2 is 1.90 bits per heavy atom. The predicted molar refractivity (Wildman–Crippen MR) is 33.8 cm³/mol. The molecule has 0 aliphatic rings. The average molecular weight is 155 g/mol. The van der Waals surface area contributed by atoms with Crippen LogP contribution in [0.15, 0.2) is 0 Å². The van der Waals surface area contributed by atoms with Crippen molar-refractivity contribution in [3.8, 4) is 0 Å². The molecule has 0 spiro atoms. The maximum atomic E-state index is 11.6. The van der Waals surface area contributed by atoms with Crippen LogP contribution in [0.4, 0.5) is 13.2 Å². The summed E-state index contributed by atoms with van der Waals surface area (Å²) < 4.78 is 34.8. The minimum absolute atomic E-state index is 0.329. The first-order chi connectivity index (χ1) is 4.45. The largest absolute Gasteiger partial charge is 0.389 e. The Hall–Kier alpha value is -0.250. The summed E-state index contributed by atoms with van der Waals surface area (Å²) in [4.78, 5) is 0. The Bertz CT molecular complexity index is 89.5. The van der Waals surface area contributed by atoms with E-state index >= 15 is 0 Å². The fourth-order valence-electron chi connectivity index (χ4n) is 0.816. The Balaban J connectivity index is 3.47. The molecule has 0 aromatic heterocycles. The van der Waals surface area contributed by atoms with E-state index in [0.717, 1.165) is 0 Å². The number of alkyl halides is 3. The predicted octanol–water partition coefficient (Wildman–Crippen LogP) is 1.79. The summed E-state index contributed by atoms with van der Waals surface area (Å²) in [6, 6.07) is 0. The molecule has 1 atom stereocenters. The van der Waals surface area contributed by atoms with Gasteiger partial charge in [0.25, 0.3) is 0 Å². The number of halogens is 3. The Morgan fingerprint density at radius 3 is 2.20 bits per heavy atom. The van der Waals surface area contributed by atoms with Crippen molar-refractivity contribution in [1.29, 1.82) is 0 Å². The van der Waals surface area contributed by atoms with E-state index in [1.165, 1.54) is 0 Å². The van der Waals surface area contributed by atoms with E-state index in [1.807, 2.05) is 0 Å². The summed E-state index contributed by atoms with van der Waals surface area (Å²) in [5.74, 6) is -0.329. The van der Waals surface area contributed by atoms with Gasteiger partial charge >= 0.3 is 6.18 Å². The normalized spacial score (nSPS) is 15.3. The number of nitrogens with one attached hydrogen (secondary N) is 1. The molecule has 0 saturated heterocycles. The van der Waals surface area contributed by atoms with E-state index in [4.69, 9.17) is 0 Å². The van der Waals surface area contributed by atoms with Gasteiger partial charge in [-0.25, -0.2) is 0 Å². The number of rotatable bonds is 3. The van der Waals surface area contributed by atoms with Crippen molar-refractivity contribution in [2.75, 3.05) is 13.6 Å². The molecular formula is C6H12F3N. The second-order valence-electron chi connectivity index (χ2n) is 2.48. The third-order valence-electron chi connectivity index (χ3n) is 1.13. The van der Waals surface area contributed by atoms with Crippen LogP contribution in [0.1, 0.15) is 13.3 Å². The van der Waals surface area contributed by atoms with E-state index in [1.54, 1.807) is 14.0 Å². The molecule has 1 nitrogen and oxygen atoms in total.